The first kappa shape index (κ1) is 15.9. The number of nitrogens with zero attached hydrogens (tertiary/aromatic N) is 1. The van der Waals surface area contributed by atoms with Gasteiger partial charge < -0.3 is 20.1 Å². The topological polar surface area (TPSA) is 64.8 Å². The molecule has 0 saturated carbocycles. The first-order chi connectivity index (χ1) is 10.3. The number of hydrogen-bond donors (Lipinski definition) is 1. The van der Waals surface area contributed by atoms with Crippen LogP contribution in [0.4, 0.5) is 0 Å². The third-order valence-corrected chi connectivity index (χ3v) is 3.91. The molecule has 0 aromatic heterocycles. The average Bonchev–Trinajstić information content (AvgIpc) is 2.55. The molecule has 2 N–H and O–H groups in total. The molecule has 1 saturated heterocycles. The molecule has 1 amide bonds. The number of nitrogens with two attached hydrogens (primary N) is 1. The normalized spacial score (nSPS) is 17.7. The number of carbonyl (C=O) groups is 1. The van der Waals surface area contributed by atoms with E-state index in [1.807, 2.05) is 35.2 Å². The summed E-state index contributed by atoms with van der Waals surface area (Å²) in [6.07, 6.45) is 1.88. The number of methoxy groups -OCH3 is 1. The molecule has 1 aliphatic heterocycles. The van der Waals surface area contributed by atoms with E-state index in [1.54, 1.807) is 7.11 Å². The van der Waals surface area contributed by atoms with Crippen LogP contribution in [-0.4, -0.2) is 50.4 Å². The van der Waals surface area contributed by atoms with Crippen molar-refractivity contribution < 1.29 is 14.3 Å². The van der Waals surface area contributed by atoms with Crippen LogP contribution in [0.15, 0.2) is 30.3 Å². The highest BCUT2D eigenvalue weighted by atomic mass is 16.7. The van der Waals surface area contributed by atoms with E-state index in [1.165, 1.54) is 0 Å². The van der Waals surface area contributed by atoms with Crippen LogP contribution >= 0.6 is 0 Å². The second-order valence-electron chi connectivity index (χ2n) is 5.30. The minimum absolute atomic E-state index is 0.119. The van der Waals surface area contributed by atoms with Gasteiger partial charge in [-0.25, -0.2) is 0 Å². The van der Waals surface area contributed by atoms with Crippen LogP contribution in [0.5, 0.6) is 0 Å². The van der Waals surface area contributed by atoms with Gasteiger partial charge in [-0.05, 0) is 18.4 Å². The Hall–Kier alpha value is -1.43. The van der Waals surface area contributed by atoms with Gasteiger partial charge in [-0.2, -0.15) is 0 Å². The first-order valence-electron chi connectivity index (χ1n) is 7.40. The van der Waals surface area contributed by atoms with Gasteiger partial charge in [-0.15, -0.1) is 0 Å². The van der Waals surface area contributed by atoms with E-state index in [0.29, 0.717) is 13.3 Å². The lowest BCUT2D eigenvalue weighted by Crippen LogP contribution is -2.44. The highest BCUT2D eigenvalue weighted by Gasteiger charge is 2.28. The number of likely N-dealkylation sites (tertiary alicyclic amines) is 1. The zero-order valence-corrected chi connectivity index (χ0v) is 12.5. The van der Waals surface area contributed by atoms with Gasteiger partial charge >= 0.3 is 0 Å². The summed E-state index contributed by atoms with van der Waals surface area (Å²) in [4.78, 5) is 14.5. The maximum Gasteiger partial charge on any atom is 0.231 e. The van der Waals surface area contributed by atoms with Gasteiger partial charge in [0.1, 0.15) is 6.79 Å². The summed E-state index contributed by atoms with van der Waals surface area (Å²) in [5.41, 5.74) is 6.81. The molecule has 0 unspecified atom stereocenters. The van der Waals surface area contributed by atoms with Gasteiger partial charge in [0.05, 0.1) is 12.0 Å². The standard InChI is InChI=1S/C16H24N2O3/c1-20-12-21-14-7-9-18(10-8-14)16(19)15(11-17)13-5-3-2-4-6-13/h2-6,14-15H,7-12,17H2,1H3/t15-/m1/s1. The van der Waals surface area contributed by atoms with Crippen molar-refractivity contribution in [3.05, 3.63) is 35.9 Å². The second-order valence-corrected chi connectivity index (χ2v) is 5.30. The number of carbonyl (C=O) groups excluding carboxylic acids is 1. The van der Waals surface area contributed by atoms with Crippen molar-refractivity contribution in [2.24, 2.45) is 5.73 Å². The summed E-state index contributed by atoms with van der Waals surface area (Å²) in [5, 5.41) is 0. The van der Waals surface area contributed by atoms with Crippen LogP contribution in [0.1, 0.15) is 24.3 Å². The predicted octanol–water partition coefficient (Wildman–Crippen LogP) is 1.34. The van der Waals surface area contributed by atoms with Crippen LogP contribution in [0.3, 0.4) is 0 Å². The molecule has 0 spiro atoms. The van der Waals surface area contributed by atoms with E-state index < -0.39 is 0 Å². The van der Waals surface area contributed by atoms with Gasteiger partial charge in [0.2, 0.25) is 5.91 Å². The van der Waals surface area contributed by atoms with E-state index in [0.717, 1.165) is 31.5 Å². The van der Waals surface area contributed by atoms with Gasteiger partial charge in [0.15, 0.2) is 0 Å². The Labute approximate surface area is 126 Å². The number of amides is 1. The summed E-state index contributed by atoms with van der Waals surface area (Å²) in [5.74, 6) is -0.128. The molecule has 5 heteroatoms. The molecule has 2 rings (SSSR count). The zero-order chi connectivity index (χ0) is 15.1. The summed E-state index contributed by atoms with van der Waals surface area (Å²) in [6, 6.07) is 9.75. The number of hydrogen-bond acceptors (Lipinski definition) is 4. The second kappa shape index (κ2) is 8.12. The van der Waals surface area contributed by atoms with Crippen molar-refractivity contribution in [2.75, 3.05) is 33.5 Å². The fraction of sp³-hybridized carbons (Fsp3) is 0.562. The Kier molecular flexibility index (Phi) is 6.17. The Morgan fingerprint density at radius 2 is 2.00 bits per heavy atom. The molecular formula is C16H24N2O3. The highest BCUT2D eigenvalue weighted by Crippen LogP contribution is 2.21. The van der Waals surface area contributed by atoms with Crippen molar-refractivity contribution in [3.63, 3.8) is 0 Å². The Morgan fingerprint density at radius 3 is 2.57 bits per heavy atom. The predicted molar refractivity (Wildman–Crippen MR) is 80.8 cm³/mol. The smallest absolute Gasteiger partial charge is 0.231 e. The molecule has 1 aromatic rings. The van der Waals surface area contributed by atoms with Gasteiger partial charge in [-0.3, -0.25) is 4.79 Å². The minimum Gasteiger partial charge on any atom is -0.359 e. The number of benzene rings is 1. The first-order valence-corrected chi connectivity index (χ1v) is 7.40. The molecule has 5 nitrogen and oxygen atoms in total. The molecule has 21 heavy (non-hydrogen) atoms. The molecule has 0 radical (unpaired) electrons. The SMILES string of the molecule is COCOC1CCN(C(=O)[C@H](CN)c2ccccc2)CC1. The fourth-order valence-corrected chi connectivity index (χ4v) is 2.69. The van der Waals surface area contributed by atoms with E-state index in [-0.39, 0.29) is 17.9 Å². The van der Waals surface area contributed by atoms with Gasteiger partial charge in [0, 0.05) is 26.7 Å². The van der Waals surface area contributed by atoms with Crippen molar-refractivity contribution in [2.45, 2.75) is 24.9 Å². The molecule has 0 bridgehead atoms. The van der Waals surface area contributed by atoms with Crippen molar-refractivity contribution in [1.29, 1.82) is 0 Å². The highest BCUT2D eigenvalue weighted by molar-refractivity contribution is 5.84. The molecule has 1 atom stereocenters. The Bertz CT molecular complexity index is 430. The van der Waals surface area contributed by atoms with Crippen LogP contribution < -0.4 is 5.73 Å². The maximum absolute atomic E-state index is 12.6. The third kappa shape index (κ3) is 4.27. The maximum atomic E-state index is 12.6. The molecular weight excluding hydrogens is 268 g/mol. The van der Waals surface area contributed by atoms with E-state index in [4.69, 9.17) is 15.2 Å². The van der Waals surface area contributed by atoms with E-state index in [9.17, 15) is 4.79 Å². The molecule has 116 valence electrons. The molecule has 1 aromatic carbocycles. The van der Waals surface area contributed by atoms with E-state index >= 15 is 0 Å². The lowest BCUT2D eigenvalue weighted by atomic mass is 9.96. The zero-order valence-electron chi connectivity index (χ0n) is 12.5. The van der Waals surface area contributed by atoms with Crippen molar-refractivity contribution in [3.8, 4) is 0 Å². The minimum atomic E-state index is -0.248. The summed E-state index contributed by atoms with van der Waals surface area (Å²) < 4.78 is 10.5. The van der Waals surface area contributed by atoms with Crippen LogP contribution in [0.25, 0.3) is 0 Å². The lowest BCUT2D eigenvalue weighted by Gasteiger charge is -2.34. The number of ether oxygens (including phenoxy) is 2. The quantitative estimate of drug-likeness (QED) is 0.804. The van der Waals surface area contributed by atoms with Crippen LogP contribution in [0, 0.1) is 0 Å². The van der Waals surface area contributed by atoms with Crippen LogP contribution in [-0.2, 0) is 14.3 Å². The molecule has 1 heterocycles. The Morgan fingerprint density at radius 1 is 1.33 bits per heavy atom. The lowest BCUT2D eigenvalue weighted by molar-refractivity contribution is -0.137. The van der Waals surface area contributed by atoms with E-state index in [2.05, 4.69) is 0 Å². The molecule has 0 aliphatic carbocycles. The van der Waals surface area contributed by atoms with Gasteiger partial charge in [-0.1, -0.05) is 30.3 Å². The average molecular weight is 292 g/mol. The molecule has 1 fully saturated rings. The monoisotopic (exact) mass is 292 g/mol. The summed E-state index contributed by atoms with van der Waals surface area (Å²) in [7, 11) is 1.62. The third-order valence-electron chi connectivity index (χ3n) is 3.91. The number of rotatable bonds is 6. The van der Waals surface area contributed by atoms with Crippen molar-refractivity contribution >= 4 is 5.91 Å². The number of piperidine rings is 1. The molecule has 1 aliphatic rings. The van der Waals surface area contributed by atoms with Crippen LogP contribution in [0.2, 0.25) is 0 Å². The largest absolute Gasteiger partial charge is 0.359 e. The Balaban J connectivity index is 1.91. The fourth-order valence-electron chi connectivity index (χ4n) is 2.69. The van der Waals surface area contributed by atoms with Gasteiger partial charge in [0.25, 0.3) is 0 Å². The summed E-state index contributed by atoms with van der Waals surface area (Å²) >= 11 is 0. The van der Waals surface area contributed by atoms with Crippen molar-refractivity contribution in [1.82, 2.24) is 4.90 Å². The summed E-state index contributed by atoms with van der Waals surface area (Å²) in [6.45, 7) is 2.09.